The number of carbonyl (C=O) groups excluding carboxylic acids is 1. The summed E-state index contributed by atoms with van der Waals surface area (Å²) in [6.07, 6.45) is 1.18. The molecule has 2 rings (SSSR count). The number of amides is 1. The van der Waals surface area contributed by atoms with E-state index < -0.39 is 34.6 Å². The molecule has 2 aromatic carbocycles. The van der Waals surface area contributed by atoms with Crippen LogP contribution in [0.3, 0.4) is 0 Å². The first-order chi connectivity index (χ1) is 12.8. The minimum Gasteiger partial charge on any atom is -0.499 e. The molecule has 10 heteroatoms. The Morgan fingerprint density at radius 1 is 1.22 bits per heavy atom. The smallest absolute Gasteiger partial charge is 0.277 e. The van der Waals surface area contributed by atoms with E-state index in [0.717, 1.165) is 3.57 Å². The van der Waals surface area contributed by atoms with E-state index in [1.807, 2.05) is 28.1 Å². The Morgan fingerprint density at radius 3 is 2.63 bits per heavy atom. The van der Waals surface area contributed by atoms with Gasteiger partial charge in [-0.15, -0.1) is 0 Å². The van der Waals surface area contributed by atoms with Crippen LogP contribution < -0.4 is 10.8 Å². The summed E-state index contributed by atoms with van der Waals surface area (Å²) < 4.78 is 47.2. The first kappa shape index (κ1) is 21.3. The van der Waals surface area contributed by atoms with Crippen molar-refractivity contribution in [1.29, 1.82) is 0 Å². The molecule has 0 atom stereocenters. The zero-order chi connectivity index (χ0) is 20.0. The quantitative estimate of drug-likeness (QED) is 0.173. The minimum absolute atomic E-state index is 0.0460. The SMILES string of the molecule is C=COCCONC(=O)c1cc(F)c(F)c(F)c1Nc1ccc(I)cc1Cl. The topological polar surface area (TPSA) is 59.6 Å². The third kappa shape index (κ3) is 5.50. The predicted octanol–water partition coefficient (Wildman–Crippen LogP) is 4.93. The molecule has 2 N–H and O–H groups in total. The van der Waals surface area contributed by atoms with Gasteiger partial charge < -0.3 is 10.1 Å². The predicted molar refractivity (Wildman–Crippen MR) is 103 cm³/mol. The molecule has 0 heterocycles. The number of rotatable bonds is 8. The maximum atomic E-state index is 14.3. The molecule has 0 spiro atoms. The first-order valence-corrected chi connectivity index (χ1v) is 8.85. The van der Waals surface area contributed by atoms with E-state index >= 15 is 0 Å². The van der Waals surface area contributed by atoms with Crippen molar-refractivity contribution >= 4 is 51.5 Å². The van der Waals surface area contributed by atoms with Gasteiger partial charge in [0, 0.05) is 3.57 Å². The zero-order valence-corrected chi connectivity index (χ0v) is 16.5. The van der Waals surface area contributed by atoms with Crippen molar-refractivity contribution in [2.24, 2.45) is 0 Å². The number of hydrogen-bond acceptors (Lipinski definition) is 4. The fourth-order valence-electron chi connectivity index (χ4n) is 1.97. The Kier molecular flexibility index (Phi) is 7.75. The highest BCUT2D eigenvalue weighted by atomic mass is 127. The van der Waals surface area contributed by atoms with Crippen LogP contribution in [0.4, 0.5) is 24.5 Å². The van der Waals surface area contributed by atoms with Crippen LogP contribution in [-0.2, 0) is 9.57 Å². The normalized spacial score (nSPS) is 10.4. The number of halogens is 5. The van der Waals surface area contributed by atoms with Gasteiger partial charge in [0.1, 0.15) is 13.2 Å². The molecule has 0 aliphatic carbocycles. The summed E-state index contributed by atoms with van der Waals surface area (Å²) in [6.45, 7) is 3.38. The maximum absolute atomic E-state index is 14.3. The monoisotopic (exact) mass is 512 g/mol. The Labute approximate surface area is 171 Å². The molecular weight excluding hydrogens is 500 g/mol. The third-order valence-electron chi connectivity index (χ3n) is 3.18. The number of hydrogen-bond donors (Lipinski definition) is 2. The van der Waals surface area contributed by atoms with Gasteiger partial charge in [-0.05, 0) is 46.9 Å². The first-order valence-electron chi connectivity index (χ1n) is 7.39. The number of carbonyl (C=O) groups is 1. The molecule has 0 aromatic heterocycles. The van der Waals surface area contributed by atoms with Gasteiger partial charge in [-0.25, -0.2) is 18.7 Å². The van der Waals surface area contributed by atoms with E-state index in [4.69, 9.17) is 21.2 Å². The largest absolute Gasteiger partial charge is 0.499 e. The van der Waals surface area contributed by atoms with E-state index in [1.165, 1.54) is 12.3 Å². The Hall–Kier alpha value is -1.98. The van der Waals surface area contributed by atoms with E-state index in [2.05, 4.69) is 11.9 Å². The number of nitrogens with one attached hydrogen (secondary N) is 2. The van der Waals surface area contributed by atoms with Crippen molar-refractivity contribution in [2.45, 2.75) is 0 Å². The minimum atomic E-state index is -1.73. The molecule has 144 valence electrons. The average molecular weight is 513 g/mol. The van der Waals surface area contributed by atoms with Crippen LogP contribution >= 0.6 is 34.2 Å². The van der Waals surface area contributed by atoms with Gasteiger partial charge in [0.25, 0.3) is 5.91 Å². The highest BCUT2D eigenvalue weighted by Gasteiger charge is 2.23. The summed E-state index contributed by atoms with van der Waals surface area (Å²) >= 11 is 8.08. The summed E-state index contributed by atoms with van der Waals surface area (Å²) in [6, 6.07) is 5.30. The molecule has 0 saturated heterocycles. The lowest BCUT2D eigenvalue weighted by Gasteiger charge is -2.15. The van der Waals surface area contributed by atoms with Crippen LogP contribution in [0.5, 0.6) is 0 Å². The molecule has 0 bridgehead atoms. The van der Waals surface area contributed by atoms with Crippen molar-refractivity contribution in [3.05, 3.63) is 68.7 Å². The number of hydroxylamine groups is 1. The third-order valence-corrected chi connectivity index (χ3v) is 4.17. The second-order valence-electron chi connectivity index (χ2n) is 4.98. The van der Waals surface area contributed by atoms with Gasteiger partial charge in [-0.1, -0.05) is 18.2 Å². The summed E-state index contributed by atoms with van der Waals surface area (Å²) in [7, 11) is 0. The molecule has 0 aliphatic rings. The second kappa shape index (κ2) is 9.81. The molecule has 0 aliphatic heterocycles. The Balaban J connectivity index is 2.30. The molecule has 2 aromatic rings. The maximum Gasteiger partial charge on any atom is 0.277 e. The summed E-state index contributed by atoms with van der Waals surface area (Å²) in [5.74, 6) is -5.80. The highest BCUT2D eigenvalue weighted by Crippen LogP contribution is 2.32. The van der Waals surface area contributed by atoms with Crippen molar-refractivity contribution in [2.75, 3.05) is 18.5 Å². The molecular formula is C17H13ClF3IN2O3. The molecule has 0 fully saturated rings. The van der Waals surface area contributed by atoms with Crippen LogP contribution in [0.15, 0.2) is 37.1 Å². The van der Waals surface area contributed by atoms with Crippen LogP contribution in [0.25, 0.3) is 0 Å². The second-order valence-corrected chi connectivity index (χ2v) is 6.63. The summed E-state index contributed by atoms with van der Waals surface area (Å²) in [5, 5.41) is 2.73. The number of benzene rings is 2. The van der Waals surface area contributed by atoms with Gasteiger partial charge in [-0.2, -0.15) is 0 Å². The zero-order valence-electron chi connectivity index (χ0n) is 13.6. The molecule has 5 nitrogen and oxygen atoms in total. The molecule has 1 amide bonds. The van der Waals surface area contributed by atoms with Crippen molar-refractivity contribution in [3.8, 4) is 0 Å². The van der Waals surface area contributed by atoms with E-state index in [0.29, 0.717) is 6.07 Å². The average Bonchev–Trinajstić information content (AvgIpc) is 2.63. The molecule has 0 unspecified atom stereocenters. The van der Waals surface area contributed by atoms with E-state index in [1.54, 1.807) is 12.1 Å². The van der Waals surface area contributed by atoms with Crippen LogP contribution in [0.2, 0.25) is 5.02 Å². The standard InChI is InChI=1S/C17H13ClF3IN2O3/c1-2-26-5-6-27-24-17(25)10-8-12(19)14(20)15(21)16(10)23-13-4-3-9(22)7-11(13)18/h2-4,7-8,23H,1,5-6H2,(H,24,25). The fraction of sp³-hybridized carbons (Fsp3) is 0.118. The summed E-state index contributed by atoms with van der Waals surface area (Å²) in [4.78, 5) is 17.1. The highest BCUT2D eigenvalue weighted by molar-refractivity contribution is 14.1. The van der Waals surface area contributed by atoms with Crippen LogP contribution in [0, 0.1) is 21.0 Å². The lowest BCUT2D eigenvalue weighted by Crippen LogP contribution is -2.26. The van der Waals surface area contributed by atoms with E-state index in [9.17, 15) is 18.0 Å². The van der Waals surface area contributed by atoms with Gasteiger partial charge >= 0.3 is 0 Å². The number of ether oxygens (including phenoxy) is 1. The number of anilines is 2. The van der Waals surface area contributed by atoms with Gasteiger partial charge in [0.2, 0.25) is 0 Å². The van der Waals surface area contributed by atoms with Crippen LogP contribution in [0.1, 0.15) is 10.4 Å². The molecule has 0 radical (unpaired) electrons. The van der Waals surface area contributed by atoms with Crippen molar-refractivity contribution < 1.29 is 27.5 Å². The Morgan fingerprint density at radius 2 is 1.96 bits per heavy atom. The van der Waals surface area contributed by atoms with E-state index in [-0.39, 0.29) is 23.9 Å². The van der Waals surface area contributed by atoms with Crippen molar-refractivity contribution in [1.82, 2.24) is 5.48 Å². The lowest BCUT2D eigenvalue weighted by molar-refractivity contribution is 0.0145. The molecule has 27 heavy (non-hydrogen) atoms. The lowest BCUT2D eigenvalue weighted by atomic mass is 10.1. The van der Waals surface area contributed by atoms with Gasteiger partial charge in [0.15, 0.2) is 17.5 Å². The fourth-order valence-corrected chi connectivity index (χ4v) is 2.87. The molecule has 0 saturated carbocycles. The summed E-state index contributed by atoms with van der Waals surface area (Å²) in [5.41, 5.74) is 1.11. The van der Waals surface area contributed by atoms with Gasteiger partial charge in [0.05, 0.1) is 28.2 Å². The van der Waals surface area contributed by atoms with Crippen molar-refractivity contribution in [3.63, 3.8) is 0 Å². The van der Waals surface area contributed by atoms with Gasteiger partial charge in [-0.3, -0.25) is 9.63 Å². The Bertz CT molecular complexity index is 868. The van der Waals surface area contributed by atoms with Crippen LogP contribution in [-0.4, -0.2) is 19.1 Å².